The Morgan fingerprint density at radius 2 is 2.36 bits per heavy atom. The highest BCUT2D eigenvalue weighted by molar-refractivity contribution is 5.71. The quantitative estimate of drug-likeness (QED) is 0.532. The molecule has 1 rings (SSSR count). The van der Waals surface area contributed by atoms with E-state index in [2.05, 4.69) is 0 Å². The number of carbonyl (C=O) groups is 1. The standard InChI is InChI=1S/C7H14N2O2/c1-9-3-2-6(8)5(4-9)7(10)11/h5-6H,2-4,8H2,1H3,(H,10,11). The Kier molecular flexibility index (Phi) is 2.46. The molecule has 1 saturated heterocycles. The van der Waals surface area contributed by atoms with Gasteiger partial charge < -0.3 is 15.7 Å². The van der Waals surface area contributed by atoms with E-state index >= 15 is 0 Å². The Hall–Kier alpha value is -0.610. The van der Waals surface area contributed by atoms with Crippen LogP contribution in [0, 0.1) is 5.92 Å². The zero-order chi connectivity index (χ0) is 8.43. The first-order valence-electron chi connectivity index (χ1n) is 3.78. The van der Waals surface area contributed by atoms with E-state index in [0.717, 1.165) is 13.0 Å². The summed E-state index contributed by atoms with van der Waals surface area (Å²) in [6, 6.07) is -0.163. The van der Waals surface area contributed by atoms with Gasteiger partial charge in [-0.05, 0) is 20.0 Å². The molecule has 4 heteroatoms. The van der Waals surface area contributed by atoms with Gasteiger partial charge in [0, 0.05) is 12.6 Å². The normalized spacial score (nSPS) is 33.6. The number of rotatable bonds is 1. The molecule has 11 heavy (non-hydrogen) atoms. The van der Waals surface area contributed by atoms with E-state index in [-0.39, 0.29) is 12.0 Å². The van der Waals surface area contributed by atoms with Crippen LogP contribution < -0.4 is 5.73 Å². The highest BCUT2D eigenvalue weighted by Crippen LogP contribution is 2.13. The molecule has 0 aromatic rings. The van der Waals surface area contributed by atoms with Crippen LogP contribution in [0.5, 0.6) is 0 Å². The predicted molar refractivity (Wildman–Crippen MR) is 41.2 cm³/mol. The Balaban J connectivity index is 2.54. The fraction of sp³-hybridized carbons (Fsp3) is 0.857. The number of piperidine rings is 1. The van der Waals surface area contributed by atoms with Gasteiger partial charge in [-0.2, -0.15) is 0 Å². The fourth-order valence-corrected chi connectivity index (χ4v) is 1.39. The van der Waals surface area contributed by atoms with Crippen molar-refractivity contribution in [3.63, 3.8) is 0 Å². The van der Waals surface area contributed by atoms with E-state index in [4.69, 9.17) is 10.8 Å². The number of carboxylic acids is 1. The fourth-order valence-electron chi connectivity index (χ4n) is 1.39. The molecular formula is C7H14N2O2. The zero-order valence-corrected chi connectivity index (χ0v) is 6.66. The number of nitrogens with zero attached hydrogens (tertiary/aromatic N) is 1. The van der Waals surface area contributed by atoms with E-state index < -0.39 is 5.97 Å². The lowest BCUT2D eigenvalue weighted by molar-refractivity contribution is -0.144. The summed E-state index contributed by atoms with van der Waals surface area (Å²) in [5.74, 6) is -1.15. The van der Waals surface area contributed by atoms with Crippen molar-refractivity contribution in [3.8, 4) is 0 Å². The molecule has 0 saturated carbocycles. The van der Waals surface area contributed by atoms with Crippen LogP contribution in [0.25, 0.3) is 0 Å². The highest BCUT2D eigenvalue weighted by atomic mass is 16.4. The maximum absolute atomic E-state index is 10.6. The minimum absolute atomic E-state index is 0.163. The first-order valence-corrected chi connectivity index (χ1v) is 3.78. The summed E-state index contributed by atoms with van der Waals surface area (Å²) in [6.07, 6.45) is 0.785. The van der Waals surface area contributed by atoms with E-state index in [1.165, 1.54) is 0 Å². The molecule has 4 nitrogen and oxygen atoms in total. The Labute approximate surface area is 66.0 Å². The SMILES string of the molecule is CN1CCC(N)C(C(=O)O)C1. The number of hydrogen-bond donors (Lipinski definition) is 2. The van der Waals surface area contributed by atoms with Crippen LogP contribution in [0.2, 0.25) is 0 Å². The van der Waals surface area contributed by atoms with Gasteiger partial charge in [0.15, 0.2) is 0 Å². The highest BCUT2D eigenvalue weighted by Gasteiger charge is 2.30. The summed E-state index contributed by atoms with van der Waals surface area (Å²) in [6.45, 7) is 1.49. The van der Waals surface area contributed by atoms with Crippen LogP contribution in [0.3, 0.4) is 0 Å². The molecule has 2 atom stereocenters. The minimum Gasteiger partial charge on any atom is -0.481 e. The van der Waals surface area contributed by atoms with Crippen LogP contribution in [0.1, 0.15) is 6.42 Å². The van der Waals surface area contributed by atoms with E-state index in [0.29, 0.717) is 6.54 Å². The smallest absolute Gasteiger partial charge is 0.309 e. The molecule has 2 unspecified atom stereocenters. The molecule has 0 aromatic heterocycles. The number of aliphatic carboxylic acids is 1. The maximum atomic E-state index is 10.6. The Morgan fingerprint density at radius 1 is 1.73 bits per heavy atom. The van der Waals surface area contributed by atoms with Crippen LogP contribution >= 0.6 is 0 Å². The molecule has 1 aliphatic heterocycles. The average molecular weight is 158 g/mol. The van der Waals surface area contributed by atoms with Gasteiger partial charge in [0.1, 0.15) is 0 Å². The van der Waals surface area contributed by atoms with E-state index in [9.17, 15) is 4.79 Å². The minimum atomic E-state index is -0.774. The first-order chi connectivity index (χ1) is 5.11. The molecule has 1 heterocycles. The van der Waals surface area contributed by atoms with E-state index in [1.807, 2.05) is 11.9 Å². The number of hydrogen-bond acceptors (Lipinski definition) is 3. The lowest BCUT2D eigenvalue weighted by Crippen LogP contribution is -2.48. The predicted octanol–water partition coefficient (Wildman–Crippen LogP) is -0.650. The van der Waals surface area contributed by atoms with Crippen LogP contribution in [0.4, 0.5) is 0 Å². The molecule has 1 aliphatic rings. The molecule has 64 valence electrons. The molecule has 0 spiro atoms. The lowest BCUT2D eigenvalue weighted by Gasteiger charge is -2.31. The van der Waals surface area contributed by atoms with Crippen molar-refractivity contribution in [2.45, 2.75) is 12.5 Å². The number of nitrogens with two attached hydrogens (primary N) is 1. The summed E-state index contributed by atoms with van der Waals surface area (Å²) in [5.41, 5.74) is 5.63. The van der Waals surface area contributed by atoms with Crippen molar-refractivity contribution in [2.75, 3.05) is 20.1 Å². The van der Waals surface area contributed by atoms with Gasteiger partial charge in [-0.25, -0.2) is 0 Å². The van der Waals surface area contributed by atoms with Crippen molar-refractivity contribution in [1.82, 2.24) is 4.90 Å². The lowest BCUT2D eigenvalue weighted by atomic mass is 9.93. The van der Waals surface area contributed by atoms with Crippen molar-refractivity contribution in [1.29, 1.82) is 0 Å². The van der Waals surface area contributed by atoms with Crippen molar-refractivity contribution in [2.24, 2.45) is 11.7 Å². The third kappa shape index (κ3) is 1.91. The third-order valence-corrected chi connectivity index (χ3v) is 2.19. The van der Waals surface area contributed by atoms with Gasteiger partial charge in [-0.15, -0.1) is 0 Å². The van der Waals surface area contributed by atoms with Gasteiger partial charge in [0.2, 0.25) is 0 Å². The topological polar surface area (TPSA) is 66.6 Å². The summed E-state index contributed by atoms with van der Waals surface area (Å²) < 4.78 is 0. The van der Waals surface area contributed by atoms with Crippen LogP contribution in [0.15, 0.2) is 0 Å². The van der Waals surface area contributed by atoms with Gasteiger partial charge in [0.05, 0.1) is 5.92 Å². The zero-order valence-electron chi connectivity index (χ0n) is 6.66. The molecule has 0 bridgehead atoms. The Morgan fingerprint density at radius 3 is 2.82 bits per heavy atom. The summed E-state index contributed by atoms with van der Waals surface area (Å²) in [5, 5.41) is 8.72. The number of likely N-dealkylation sites (tertiary alicyclic amines) is 1. The van der Waals surface area contributed by atoms with Crippen LogP contribution in [-0.2, 0) is 4.79 Å². The Bertz CT molecular complexity index is 161. The molecule has 0 amide bonds. The maximum Gasteiger partial charge on any atom is 0.309 e. The second-order valence-electron chi connectivity index (χ2n) is 3.16. The second kappa shape index (κ2) is 3.19. The third-order valence-electron chi connectivity index (χ3n) is 2.19. The summed E-state index contributed by atoms with van der Waals surface area (Å²) in [4.78, 5) is 12.6. The average Bonchev–Trinajstić information content (AvgIpc) is 1.94. The van der Waals surface area contributed by atoms with Crippen LogP contribution in [-0.4, -0.2) is 42.2 Å². The summed E-state index contributed by atoms with van der Waals surface area (Å²) >= 11 is 0. The first kappa shape index (κ1) is 8.49. The van der Waals surface area contributed by atoms with Gasteiger partial charge >= 0.3 is 5.97 Å². The largest absolute Gasteiger partial charge is 0.481 e. The molecule has 1 fully saturated rings. The van der Waals surface area contributed by atoms with Gasteiger partial charge in [-0.1, -0.05) is 0 Å². The molecule has 0 aromatic carbocycles. The molecule has 0 aliphatic carbocycles. The molecule has 0 radical (unpaired) electrons. The van der Waals surface area contributed by atoms with E-state index in [1.54, 1.807) is 0 Å². The molecular weight excluding hydrogens is 144 g/mol. The van der Waals surface area contributed by atoms with Gasteiger partial charge in [-0.3, -0.25) is 4.79 Å². The van der Waals surface area contributed by atoms with Gasteiger partial charge in [0.25, 0.3) is 0 Å². The van der Waals surface area contributed by atoms with Crippen molar-refractivity contribution in [3.05, 3.63) is 0 Å². The van der Waals surface area contributed by atoms with Crippen molar-refractivity contribution < 1.29 is 9.90 Å². The monoisotopic (exact) mass is 158 g/mol. The second-order valence-corrected chi connectivity index (χ2v) is 3.16. The molecule has 3 N–H and O–H groups in total. The van der Waals surface area contributed by atoms with Crippen molar-refractivity contribution >= 4 is 5.97 Å². The summed E-state index contributed by atoms with van der Waals surface area (Å²) in [7, 11) is 1.92. The number of carboxylic acid groups (broad SMARTS) is 1.